The number of hydrogen-bond donors (Lipinski definition) is 4. The summed E-state index contributed by atoms with van der Waals surface area (Å²) in [5, 5.41) is 25.1. The minimum atomic E-state index is -1.13. The van der Waals surface area contributed by atoms with Crippen molar-refractivity contribution in [2.45, 2.75) is 31.5 Å². The van der Waals surface area contributed by atoms with E-state index in [4.69, 9.17) is 5.11 Å². The van der Waals surface area contributed by atoms with E-state index in [1.165, 1.54) is 0 Å². The molecule has 0 radical (unpaired) electrons. The zero-order chi connectivity index (χ0) is 17.4. The molecule has 24 heavy (non-hydrogen) atoms. The molecule has 0 bridgehead atoms. The Morgan fingerprint density at radius 2 is 1.62 bits per heavy atom. The summed E-state index contributed by atoms with van der Waals surface area (Å²) < 4.78 is 0. The van der Waals surface area contributed by atoms with Crippen molar-refractivity contribution in [3.63, 3.8) is 0 Å². The molecule has 0 aromatic heterocycles. The third-order valence-corrected chi connectivity index (χ3v) is 4.00. The Morgan fingerprint density at radius 1 is 1.04 bits per heavy atom. The highest BCUT2D eigenvalue weighted by Crippen LogP contribution is 2.12. The van der Waals surface area contributed by atoms with Crippen LogP contribution in [0.2, 0.25) is 0 Å². The molecule has 1 amide bonds. The van der Waals surface area contributed by atoms with Gasteiger partial charge in [0.05, 0.1) is 12.1 Å². The van der Waals surface area contributed by atoms with Gasteiger partial charge in [-0.05, 0) is 24.5 Å². The van der Waals surface area contributed by atoms with Crippen molar-refractivity contribution in [3.05, 3.63) is 71.8 Å². The van der Waals surface area contributed by atoms with Crippen LogP contribution in [0.4, 0.5) is 4.79 Å². The van der Waals surface area contributed by atoms with Gasteiger partial charge in [0.1, 0.15) is 0 Å². The highest BCUT2D eigenvalue weighted by molar-refractivity contribution is 5.65. The number of amides is 1. The van der Waals surface area contributed by atoms with Gasteiger partial charge < -0.3 is 20.8 Å². The van der Waals surface area contributed by atoms with Crippen molar-refractivity contribution in [1.29, 1.82) is 0 Å². The zero-order valence-corrected chi connectivity index (χ0v) is 13.7. The molecule has 4 N–H and O–H groups in total. The number of rotatable bonds is 8. The summed E-state index contributed by atoms with van der Waals surface area (Å²) in [7, 11) is 0. The van der Waals surface area contributed by atoms with Gasteiger partial charge in [-0.25, -0.2) is 4.79 Å². The summed E-state index contributed by atoms with van der Waals surface area (Å²) in [6, 6.07) is 19.0. The first-order valence-electron chi connectivity index (χ1n) is 8.06. The molecule has 5 heteroatoms. The smallest absolute Gasteiger partial charge is 0.404 e. The van der Waals surface area contributed by atoms with Crippen LogP contribution >= 0.6 is 0 Å². The first-order chi connectivity index (χ1) is 11.6. The van der Waals surface area contributed by atoms with E-state index in [1.54, 1.807) is 0 Å². The first kappa shape index (κ1) is 18.0. The number of aliphatic hydroxyl groups is 1. The predicted octanol–water partition coefficient (Wildman–Crippen LogP) is 2.58. The number of carbonyl (C=O) groups is 1. The fraction of sp³-hybridized carbons (Fsp3) is 0.316. The molecule has 2 rings (SSSR count). The maximum atomic E-state index is 11.0. The van der Waals surface area contributed by atoms with Crippen LogP contribution in [0.5, 0.6) is 0 Å². The van der Waals surface area contributed by atoms with Crippen LogP contribution in [0.3, 0.4) is 0 Å². The van der Waals surface area contributed by atoms with Crippen molar-refractivity contribution in [1.82, 2.24) is 10.6 Å². The van der Waals surface area contributed by atoms with E-state index < -0.39 is 18.2 Å². The van der Waals surface area contributed by atoms with E-state index in [-0.39, 0.29) is 6.04 Å². The third kappa shape index (κ3) is 5.68. The summed E-state index contributed by atoms with van der Waals surface area (Å²) in [5.41, 5.74) is 2.10. The largest absolute Gasteiger partial charge is 0.465 e. The topological polar surface area (TPSA) is 81.6 Å². The Labute approximate surface area is 142 Å². The number of carboxylic acid groups (broad SMARTS) is 1. The lowest BCUT2D eigenvalue weighted by Gasteiger charge is -2.25. The summed E-state index contributed by atoms with van der Waals surface area (Å²) in [4.78, 5) is 11.0. The second-order valence-electron chi connectivity index (χ2n) is 5.85. The van der Waals surface area contributed by atoms with Gasteiger partial charge in [-0.2, -0.15) is 0 Å². The fourth-order valence-corrected chi connectivity index (χ4v) is 2.61. The van der Waals surface area contributed by atoms with Crippen LogP contribution in [0.1, 0.15) is 24.1 Å². The Hall–Kier alpha value is -2.37. The summed E-state index contributed by atoms with van der Waals surface area (Å²) in [6.45, 7) is 2.31. The van der Waals surface area contributed by atoms with Gasteiger partial charge >= 0.3 is 6.09 Å². The molecule has 0 saturated heterocycles. The van der Waals surface area contributed by atoms with Crippen molar-refractivity contribution >= 4 is 6.09 Å². The summed E-state index contributed by atoms with van der Waals surface area (Å²) in [5.74, 6) is 0. The molecule has 0 heterocycles. The molecule has 0 saturated carbocycles. The number of hydrogen-bond acceptors (Lipinski definition) is 3. The molecular weight excluding hydrogens is 304 g/mol. The number of aliphatic hydroxyl groups excluding tert-OH is 1. The lowest BCUT2D eigenvalue weighted by Crippen LogP contribution is -2.48. The van der Waals surface area contributed by atoms with Crippen LogP contribution < -0.4 is 10.6 Å². The molecule has 2 aromatic carbocycles. The second kappa shape index (κ2) is 9.05. The van der Waals surface area contributed by atoms with E-state index in [0.29, 0.717) is 13.0 Å². The summed E-state index contributed by atoms with van der Waals surface area (Å²) in [6.07, 6.45) is -1.52. The molecule has 5 nitrogen and oxygen atoms in total. The van der Waals surface area contributed by atoms with E-state index >= 15 is 0 Å². The molecule has 3 atom stereocenters. The minimum Gasteiger partial charge on any atom is -0.465 e. The van der Waals surface area contributed by atoms with Gasteiger partial charge in [-0.15, -0.1) is 0 Å². The minimum absolute atomic E-state index is 0.0723. The van der Waals surface area contributed by atoms with Crippen molar-refractivity contribution < 1.29 is 15.0 Å². The first-order valence-corrected chi connectivity index (χ1v) is 8.06. The molecule has 0 fully saturated rings. The molecular formula is C19H24N2O3. The monoisotopic (exact) mass is 328 g/mol. The lowest BCUT2D eigenvalue weighted by molar-refractivity contribution is 0.115. The average Bonchev–Trinajstić information content (AvgIpc) is 2.60. The van der Waals surface area contributed by atoms with Crippen LogP contribution in [-0.2, 0) is 6.42 Å². The molecule has 0 aliphatic rings. The van der Waals surface area contributed by atoms with Gasteiger partial charge in [0, 0.05) is 12.6 Å². The van der Waals surface area contributed by atoms with E-state index in [0.717, 1.165) is 11.1 Å². The highest BCUT2D eigenvalue weighted by atomic mass is 16.4. The SMILES string of the molecule is C[C@@H](NC[C@@H](O)[C@H](Cc1ccccc1)NC(=O)O)c1ccccc1. The van der Waals surface area contributed by atoms with Crippen LogP contribution in [0.15, 0.2) is 60.7 Å². The highest BCUT2D eigenvalue weighted by Gasteiger charge is 2.22. The van der Waals surface area contributed by atoms with Crippen LogP contribution in [0.25, 0.3) is 0 Å². The van der Waals surface area contributed by atoms with E-state index in [2.05, 4.69) is 10.6 Å². The van der Waals surface area contributed by atoms with Crippen LogP contribution in [0, 0.1) is 0 Å². The van der Waals surface area contributed by atoms with Crippen molar-refractivity contribution in [2.75, 3.05) is 6.54 Å². The number of benzene rings is 2. The van der Waals surface area contributed by atoms with E-state index in [9.17, 15) is 9.90 Å². The Bertz CT molecular complexity index is 619. The molecule has 0 aliphatic heterocycles. The Morgan fingerprint density at radius 3 is 2.21 bits per heavy atom. The summed E-state index contributed by atoms with van der Waals surface area (Å²) >= 11 is 0. The van der Waals surface area contributed by atoms with Crippen LogP contribution in [-0.4, -0.2) is 35.0 Å². The predicted molar refractivity (Wildman–Crippen MR) is 94.0 cm³/mol. The Balaban J connectivity index is 1.94. The molecule has 128 valence electrons. The van der Waals surface area contributed by atoms with Gasteiger partial charge in [0.15, 0.2) is 0 Å². The maximum absolute atomic E-state index is 11.0. The quantitative estimate of drug-likeness (QED) is 0.600. The van der Waals surface area contributed by atoms with Crippen molar-refractivity contribution in [3.8, 4) is 0 Å². The third-order valence-electron chi connectivity index (χ3n) is 4.00. The van der Waals surface area contributed by atoms with Gasteiger partial charge in [-0.1, -0.05) is 60.7 Å². The molecule has 0 aliphatic carbocycles. The van der Waals surface area contributed by atoms with E-state index in [1.807, 2.05) is 67.6 Å². The van der Waals surface area contributed by atoms with Gasteiger partial charge in [0.2, 0.25) is 0 Å². The van der Waals surface area contributed by atoms with Gasteiger partial charge in [-0.3, -0.25) is 0 Å². The second-order valence-corrected chi connectivity index (χ2v) is 5.85. The lowest BCUT2D eigenvalue weighted by atomic mass is 10.0. The van der Waals surface area contributed by atoms with Gasteiger partial charge in [0.25, 0.3) is 0 Å². The number of nitrogens with one attached hydrogen (secondary N) is 2. The fourth-order valence-electron chi connectivity index (χ4n) is 2.61. The molecule has 2 aromatic rings. The maximum Gasteiger partial charge on any atom is 0.404 e. The molecule has 0 spiro atoms. The normalized spacial score (nSPS) is 14.6. The average molecular weight is 328 g/mol. The molecule has 0 unspecified atom stereocenters. The Kier molecular flexibility index (Phi) is 6.78. The standard InChI is InChI=1S/C19H24N2O3/c1-14(16-10-6-3-7-11-16)20-13-18(22)17(21-19(23)24)12-15-8-4-2-5-9-15/h2-11,14,17-18,20-22H,12-13H2,1H3,(H,23,24)/t14-,17+,18-/m1/s1. The van der Waals surface area contributed by atoms with Crippen molar-refractivity contribution in [2.24, 2.45) is 0 Å². The zero-order valence-electron chi connectivity index (χ0n) is 13.7.